The zero-order valence-electron chi connectivity index (χ0n) is 12.4. The number of amides is 1. The summed E-state index contributed by atoms with van der Waals surface area (Å²) in [6.45, 7) is 1.32. The van der Waals surface area contributed by atoms with E-state index in [9.17, 15) is 4.79 Å². The molecule has 1 amide bonds. The van der Waals surface area contributed by atoms with E-state index in [2.05, 4.69) is 17.4 Å². The third kappa shape index (κ3) is 7.14. The highest BCUT2D eigenvalue weighted by Gasteiger charge is 2.00. The molecule has 0 aliphatic carbocycles. The number of ether oxygens (including phenoxy) is 1. The first-order valence-electron chi connectivity index (χ1n) is 7.36. The Morgan fingerprint density at radius 3 is 2.55 bits per heavy atom. The fourth-order valence-electron chi connectivity index (χ4n) is 2.00. The SMILES string of the molecule is COc1ccc(CCCCCC(=O)NCCCN)cc1. The van der Waals surface area contributed by atoms with E-state index in [1.54, 1.807) is 7.11 Å². The minimum atomic E-state index is 0.142. The van der Waals surface area contributed by atoms with Gasteiger partial charge in [0, 0.05) is 13.0 Å². The van der Waals surface area contributed by atoms with Gasteiger partial charge in [0.25, 0.3) is 0 Å². The third-order valence-electron chi connectivity index (χ3n) is 3.23. The molecule has 0 spiro atoms. The number of carbonyl (C=O) groups is 1. The number of hydrogen-bond acceptors (Lipinski definition) is 3. The predicted octanol–water partition coefficient (Wildman–Crippen LogP) is 2.26. The number of carbonyl (C=O) groups excluding carboxylic acids is 1. The van der Waals surface area contributed by atoms with Crippen molar-refractivity contribution in [3.05, 3.63) is 29.8 Å². The molecule has 0 fully saturated rings. The van der Waals surface area contributed by atoms with Gasteiger partial charge in [0.05, 0.1) is 7.11 Å². The van der Waals surface area contributed by atoms with Crippen LogP contribution in [0, 0.1) is 0 Å². The van der Waals surface area contributed by atoms with Gasteiger partial charge in [0.15, 0.2) is 0 Å². The van der Waals surface area contributed by atoms with Gasteiger partial charge >= 0.3 is 0 Å². The number of methoxy groups -OCH3 is 1. The van der Waals surface area contributed by atoms with Gasteiger partial charge in [0.2, 0.25) is 5.91 Å². The summed E-state index contributed by atoms with van der Waals surface area (Å²) in [5.74, 6) is 1.03. The first kappa shape index (κ1) is 16.5. The number of nitrogens with one attached hydrogen (secondary N) is 1. The van der Waals surface area contributed by atoms with Gasteiger partial charge in [0.1, 0.15) is 5.75 Å². The highest BCUT2D eigenvalue weighted by atomic mass is 16.5. The fraction of sp³-hybridized carbons (Fsp3) is 0.562. The molecular weight excluding hydrogens is 252 g/mol. The number of unbranched alkanes of at least 4 members (excludes halogenated alkanes) is 2. The lowest BCUT2D eigenvalue weighted by Gasteiger charge is -2.05. The molecule has 0 heterocycles. The Bertz CT molecular complexity index is 377. The lowest BCUT2D eigenvalue weighted by molar-refractivity contribution is -0.121. The topological polar surface area (TPSA) is 64.3 Å². The van der Waals surface area contributed by atoms with Crippen molar-refractivity contribution in [2.75, 3.05) is 20.2 Å². The molecule has 0 radical (unpaired) electrons. The van der Waals surface area contributed by atoms with E-state index in [0.29, 0.717) is 19.5 Å². The van der Waals surface area contributed by atoms with Crippen molar-refractivity contribution in [1.82, 2.24) is 5.32 Å². The number of rotatable bonds is 10. The standard InChI is InChI=1S/C16H26N2O2/c1-20-15-10-8-14(9-11-15)6-3-2-4-7-16(19)18-13-5-12-17/h8-11H,2-7,12-13,17H2,1H3,(H,18,19). The van der Waals surface area contributed by atoms with Gasteiger partial charge in [-0.05, 0) is 49.9 Å². The largest absolute Gasteiger partial charge is 0.497 e. The van der Waals surface area contributed by atoms with Crippen LogP contribution in [0.15, 0.2) is 24.3 Å². The molecule has 0 aliphatic heterocycles. The van der Waals surface area contributed by atoms with Crippen molar-refractivity contribution in [2.24, 2.45) is 5.73 Å². The highest BCUT2D eigenvalue weighted by molar-refractivity contribution is 5.75. The van der Waals surface area contributed by atoms with Crippen LogP contribution in [0.1, 0.15) is 37.7 Å². The number of hydrogen-bond donors (Lipinski definition) is 2. The molecule has 20 heavy (non-hydrogen) atoms. The first-order chi connectivity index (χ1) is 9.76. The second kappa shape index (κ2) is 10.3. The van der Waals surface area contributed by atoms with Crippen LogP contribution >= 0.6 is 0 Å². The lowest BCUT2D eigenvalue weighted by Crippen LogP contribution is -2.25. The number of aryl methyl sites for hydroxylation is 1. The van der Waals surface area contributed by atoms with E-state index >= 15 is 0 Å². The minimum Gasteiger partial charge on any atom is -0.497 e. The van der Waals surface area contributed by atoms with Crippen LogP contribution < -0.4 is 15.8 Å². The first-order valence-corrected chi connectivity index (χ1v) is 7.36. The Hall–Kier alpha value is -1.55. The summed E-state index contributed by atoms with van der Waals surface area (Å²) in [6.07, 6.45) is 5.67. The van der Waals surface area contributed by atoms with E-state index < -0.39 is 0 Å². The van der Waals surface area contributed by atoms with Crippen LogP contribution in [0.4, 0.5) is 0 Å². The van der Waals surface area contributed by atoms with Gasteiger partial charge < -0.3 is 15.8 Å². The Morgan fingerprint density at radius 1 is 1.15 bits per heavy atom. The summed E-state index contributed by atoms with van der Waals surface area (Å²) in [5.41, 5.74) is 6.69. The molecule has 112 valence electrons. The molecule has 0 aromatic heterocycles. The van der Waals surface area contributed by atoms with Crippen molar-refractivity contribution in [3.8, 4) is 5.75 Å². The molecule has 0 saturated heterocycles. The second-order valence-corrected chi connectivity index (χ2v) is 4.90. The van der Waals surface area contributed by atoms with Crippen LogP contribution in [0.2, 0.25) is 0 Å². The summed E-state index contributed by atoms with van der Waals surface area (Å²) < 4.78 is 5.13. The molecule has 1 rings (SSSR count). The average Bonchev–Trinajstić information content (AvgIpc) is 2.48. The minimum absolute atomic E-state index is 0.142. The summed E-state index contributed by atoms with van der Waals surface area (Å²) in [6, 6.07) is 8.16. The maximum Gasteiger partial charge on any atom is 0.219 e. The van der Waals surface area contributed by atoms with Crippen molar-refractivity contribution >= 4 is 5.91 Å². The normalized spacial score (nSPS) is 10.3. The van der Waals surface area contributed by atoms with Crippen molar-refractivity contribution in [1.29, 1.82) is 0 Å². The fourth-order valence-corrected chi connectivity index (χ4v) is 2.00. The van der Waals surface area contributed by atoms with E-state index in [1.165, 1.54) is 5.56 Å². The molecule has 1 aromatic carbocycles. The lowest BCUT2D eigenvalue weighted by atomic mass is 10.1. The van der Waals surface area contributed by atoms with Gasteiger partial charge in [-0.2, -0.15) is 0 Å². The third-order valence-corrected chi connectivity index (χ3v) is 3.23. The van der Waals surface area contributed by atoms with Crippen LogP contribution in [-0.4, -0.2) is 26.1 Å². The van der Waals surface area contributed by atoms with Gasteiger partial charge in [-0.3, -0.25) is 4.79 Å². The Balaban J connectivity index is 2.05. The highest BCUT2D eigenvalue weighted by Crippen LogP contribution is 2.13. The Kier molecular flexibility index (Phi) is 8.47. The van der Waals surface area contributed by atoms with Crippen LogP contribution in [0.25, 0.3) is 0 Å². The molecule has 1 aromatic rings. The second-order valence-electron chi connectivity index (χ2n) is 4.90. The molecular formula is C16H26N2O2. The Morgan fingerprint density at radius 2 is 1.90 bits per heavy atom. The molecule has 0 aliphatic rings. The Labute approximate surface area is 121 Å². The van der Waals surface area contributed by atoms with Crippen LogP contribution in [0.3, 0.4) is 0 Å². The molecule has 3 N–H and O–H groups in total. The van der Waals surface area contributed by atoms with Crippen molar-refractivity contribution in [3.63, 3.8) is 0 Å². The maximum absolute atomic E-state index is 11.5. The average molecular weight is 278 g/mol. The summed E-state index contributed by atoms with van der Waals surface area (Å²) in [5, 5.41) is 2.87. The zero-order valence-corrected chi connectivity index (χ0v) is 12.4. The summed E-state index contributed by atoms with van der Waals surface area (Å²) >= 11 is 0. The zero-order chi connectivity index (χ0) is 14.6. The van der Waals surface area contributed by atoms with E-state index in [0.717, 1.165) is 37.9 Å². The number of nitrogens with two attached hydrogens (primary N) is 1. The molecule has 0 atom stereocenters. The molecule has 4 nitrogen and oxygen atoms in total. The molecule has 0 saturated carbocycles. The van der Waals surface area contributed by atoms with Crippen molar-refractivity contribution in [2.45, 2.75) is 38.5 Å². The van der Waals surface area contributed by atoms with Crippen LogP contribution in [0.5, 0.6) is 5.75 Å². The predicted molar refractivity (Wildman–Crippen MR) is 81.8 cm³/mol. The summed E-state index contributed by atoms with van der Waals surface area (Å²) in [4.78, 5) is 11.5. The smallest absolute Gasteiger partial charge is 0.219 e. The van der Waals surface area contributed by atoms with E-state index in [1.807, 2.05) is 12.1 Å². The van der Waals surface area contributed by atoms with E-state index in [-0.39, 0.29) is 5.91 Å². The maximum atomic E-state index is 11.5. The van der Waals surface area contributed by atoms with E-state index in [4.69, 9.17) is 10.5 Å². The van der Waals surface area contributed by atoms with Crippen molar-refractivity contribution < 1.29 is 9.53 Å². The van der Waals surface area contributed by atoms with Gasteiger partial charge in [-0.1, -0.05) is 18.6 Å². The van der Waals surface area contributed by atoms with Gasteiger partial charge in [-0.25, -0.2) is 0 Å². The monoisotopic (exact) mass is 278 g/mol. The van der Waals surface area contributed by atoms with Crippen LogP contribution in [-0.2, 0) is 11.2 Å². The molecule has 4 heteroatoms. The summed E-state index contributed by atoms with van der Waals surface area (Å²) in [7, 11) is 1.67. The molecule has 0 bridgehead atoms. The quantitative estimate of drug-likeness (QED) is 0.645. The molecule has 0 unspecified atom stereocenters. The number of benzene rings is 1. The van der Waals surface area contributed by atoms with Gasteiger partial charge in [-0.15, -0.1) is 0 Å².